The highest BCUT2D eigenvalue weighted by molar-refractivity contribution is 6.12. The van der Waals surface area contributed by atoms with E-state index in [4.69, 9.17) is 85.3 Å². The number of rotatable bonds is 64. The van der Waals surface area contributed by atoms with Crippen LogP contribution in [0, 0.1) is 0 Å². The first-order valence-corrected chi connectivity index (χ1v) is 41.0. The SMILES string of the molecule is O=C(CCOCCOCCOCCC(=O)NC(CCC(=O)NCCOCCOCCOCc1cn([C@H]2[C@H]3OC[C@](CO)(O3)[C@H](O)[C@@H]2O)nn1)(CCC(=O)NCCOCCOCCOCc1cn([C@H]2[C@H]3OC[C@](CO)(O3)[C@H](O)[C@@H]2O)nn1)CCC(=O)NCCOCCOCCOCc1cn([C@H]2[C@H]3OC[C@](CO)(O3)[C@H](O)[C@@H]2O)nn1)NCCN1C(=O)C=CC1=O. The van der Waals surface area contributed by atoms with Crippen LogP contribution in [0.1, 0.15) is 86.6 Å². The van der Waals surface area contributed by atoms with Gasteiger partial charge in [0.25, 0.3) is 11.8 Å². The number of fused-ring (bicyclic) bond motifs is 6. The summed E-state index contributed by atoms with van der Waals surface area (Å²) in [6, 6.07) is -2.75. The monoisotopic (exact) mass is 1760 g/mol. The maximum absolute atomic E-state index is 14.0. The number of aromatic nitrogens is 9. The highest BCUT2D eigenvalue weighted by Crippen LogP contribution is 2.45. The predicted molar refractivity (Wildman–Crippen MR) is 407 cm³/mol. The molecule has 0 unspecified atom stereocenters. The number of aliphatic hydroxyl groups is 9. The Hall–Kier alpha value is -7.43. The number of nitrogens with zero attached hydrogens (tertiary/aromatic N) is 10. The van der Waals surface area contributed by atoms with Crippen LogP contribution in [0.5, 0.6) is 0 Å². The zero-order valence-corrected chi connectivity index (χ0v) is 68.4. The highest BCUT2D eigenvalue weighted by atomic mass is 16.8. The molecule has 10 rings (SSSR count). The third-order valence-electron chi connectivity index (χ3n) is 21.2. The van der Waals surface area contributed by atoms with Crippen LogP contribution in [0.25, 0.3) is 0 Å². The van der Waals surface area contributed by atoms with E-state index < -0.39 is 151 Å². The Kier molecular flexibility index (Phi) is 39.9. The van der Waals surface area contributed by atoms with E-state index in [2.05, 4.69) is 57.5 Å². The number of ether oxygens (including phenoxy) is 18. The molecule has 0 saturated carbocycles. The van der Waals surface area contributed by atoms with Crippen LogP contribution < -0.4 is 26.6 Å². The quantitative estimate of drug-likeness (QED) is 0.0184. The number of nitrogens with one attached hydrogen (secondary N) is 5. The summed E-state index contributed by atoms with van der Waals surface area (Å²) in [5, 5.41) is 132. The number of imide groups is 1. The molecule has 6 bridgehead atoms. The molecule has 0 aromatic carbocycles. The Morgan fingerprint density at radius 3 is 0.976 bits per heavy atom. The van der Waals surface area contributed by atoms with Gasteiger partial charge in [-0.3, -0.25) is 38.5 Å². The smallest absolute Gasteiger partial charge is 0.253 e. The Balaban J connectivity index is 0.643. The van der Waals surface area contributed by atoms with Gasteiger partial charge in [0.15, 0.2) is 18.9 Å². The number of amides is 7. The molecule has 49 heteroatoms. The van der Waals surface area contributed by atoms with Crippen molar-refractivity contribution in [2.45, 2.75) is 167 Å². The Morgan fingerprint density at radius 2 is 0.659 bits per heavy atom. The second kappa shape index (κ2) is 50.2. The fraction of sp³-hybridized carbons (Fsp3) is 0.797. The molecule has 3 aromatic heterocycles. The minimum absolute atomic E-state index is 0.00857. The second-order valence-corrected chi connectivity index (χ2v) is 30.0. The van der Waals surface area contributed by atoms with Gasteiger partial charge in [0.1, 0.15) is 88.6 Å². The lowest BCUT2D eigenvalue weighted by Crippen LogP contribution is -2.60. The molecule has 7 aliphatic heterocycles. The first-order valence-electron chi connectivity index (χ1n) is 41.0. The van der Waals surface area contributed by atoms with Crippen molar-refractivity contribution in [1.82, 2.24) is 76.5 Å². The van der Waals surface area contributed by atoms with Gasteiger partial charge in [-0.05, 0) is 19.3 Å². The molecule has 14 N–H and O–H groups in total. The van der Waals surface area contributed by atoms with Crippen molar-refractivity contribution in [1.29, 1.82) is 0 Å². The van der Waals surface area contributed by atoms with E-state index in [1.807, 2.05) is 0 Å². The molecule has 6 fully saturated rings. The van der Waals surface area contributed by atoms with Crippen LogP contribution in [0.3, 0.4) is 0 Å². The van der Waals surface area contributed by atoms with Crippen LogP contribution >= 0.6 is 0 Å². The van der Waals surface area contributed by atoms with Gasteiger partial charge in [0, 0.05) is 82.5 Å². The second-order valence-electron chi connectivity index (χ2n) is 30.0. The molecule has 0 aliphatic carbocycles. The van der Waals surface area contributed by atoms with Crippen LogP contribution in [0.4, 0.5) is 0 Å². The molecule has 0 spiro atoms. The normalized spacial score (nSPS) is 26.4. The third-order valence-corrected chi connectivity index (χ3v) is 21.2. The van der Waals surface area contributed by atoms with Gasteiger partial charge in [-0.15, -0.1) is 15.3 Å². The maximum atomic E-state index is 14.0. The fourth-order valence-electron chi connectivity index (χ4n) is 14.3. The fourth-order valence-corrected chi connectivity index (χ4v) is 14.3. The summed E-state index contributed by atoms with van der Waals surface area (Å²) in [6.45, 7) is 1.84. The minimum atomic E-state index is -1.43. The lowest BCUT2D eigenvalue weighted by atomic mass is 9.83. The summed E-state index contributed by atoms with van der Waals surface area (Å²) in [6.07, 6.45) is -4.89. The summed E-state index contributed by atoms with van der Waals surface area (Å²) in [4.78, 5) is 91.7. The molecule has 49 nitrogen and oxygen atoms in total. The van der Waals surface area contributed by atoms with Gasteiger partial charge >= 0.3 is 0 Å². The van der Waals surface area contributed by atoms with Crippen LogP contribution in [0.2, 0.25) is 0 Å². The number of carbonyl (C=O) groups is 7. The van der Waals surface area contributed by atoms with Crippen molar-refractivity contribution >= 4 is 41.4 Å². The first kappa shape index (κ1) is 97.8. The predicted octanol–water partition coefficient (Wildman–Crippen LogP) is -8.93. The van der Waals surface area contributed by atoms with Crippen LogP contribution in [0.15, 0.2) is 30.7 Å². The number of hydrogen-bond donors (Lipinski definition) is 14. The minimum Gasteiger partial charge on any atom is -0.393 e. The lowest BCUT2D eigenvalue weighted by Gasteiger charge is -2.41. The van der Waals surface area contributed by atoms with Crippen molar-refractivity contribution < 1.29 is 165 Å². The van der Waals surface area contributed by atoms with Gasteiger partial charge in [-0.2, -0.15) is 0 Å². The molecule has 692 valence electrons. The topological polar surface area (TPSA) is 623 Å². The zero-order chi connectivity index (χ0) is 87.5. The molecular weight excluding hydrogens is 1640 g/mol. The summed E-state index contributed by atoms with van der Waals surface area (Å²) in [5.74, 6) is -2.92. The first-order chi connectivity index (χ1) is 59.6. The van der Waals surface area contributed by atoms with Crippen molar-refractivity contribution in [3.05, 3.63) is 47.8 Å². The molecule has 6 saturated heterocycles. The van der Waals surface area contributed by atoms with Crippen molar-refractivity contribution in [2.24, 2.45) is 0 Å². The summed E-state index contributed by atoms with van der Waals surface area (Å²) >= 11 is 0. The van der Waals surface area contributed by atoms with Crippen molar-refractivity contribution in [3.63, 3.8) is 0 Å². The lowest BCUT2D eigenvalue weighted by molar-refractivity contribution is -0.244. The number of aliphatic hydroxyl groups excluding tert-OH is 9. The zero-order valence-electron chi connectivity index (χ0n) is 68.4. The van der Waals surface area contributed by atoms with Gasteiger partial charge in [0.2, 0.25) is 29.5 Å². The van der Waals surface area contributed by atoms with E-state index in [-0.39, 0.29) is 268 Å². The van der Waals surface area contributed by atoms with Crippen LogP contribution in [-0.4, -0.2) is 426 Å². The third kappa shape index (κ3) is 28.5. The van der Waals surface area contributed by atoms with E-state index in [0.717, 1.165) is 17.1 Å². The Bertz CT molecular complexity index is 3450. The van der Waals surface area contributed by atoms with Crippen LogP contribution in [-0.2, 0) is 139 Å². The highest BCUT2D eigenvalue weighted by Gasteiger charge is 2.62. The molecule has 7 amide bonds. The van der Waals surface area contributed by atoms with Gasteiger partial charge < -0.3 is 158 Å². The number of carbonyl (C=O) groups excluding carboxylic acids is 7. The van der Waals surface area contributed by atoms with Crippen molar-refractivity contribution in [3.8, 4) is 0 Å². The average Bonchev–Trinajstić information content (AvgIpc) is 1.62. The molecule has 7 aliphatic rings. The van der Waals surface area contributed by atoms with E-state index >= 15 is 0 Å². The van der Waals surface area contributed by atoms with E-state index in [0.29, 0.717) is 17.1 Å². The Morgan fingerprint density at radius 1 is 0.382 bits per heavy atom. The molecule has 0 radical (unpaired) electrons. The average molecular weight is 1760 g/mol. The molecule has 15 atom stereocenters. The molecule has 3 aromatic rings. The Labute approximate surface area is 706 Å². The van der Waals surface area contributed by atoms with E-state index in [9.17, 15) is 79.5 Å². The van der Waals surface area contributed by atoms with E-state index in [1.54, 1.807) is 0 Å². The number of hydrogen-bond acceptors (Lipinski definition) is 40. The largest absolute Gasteiger partial charge is 0.393 e. The molecular formula is C74H117N15O34. The van der Waals surface area contributed by atoms with Crippen molar-refractivity contribution in [2.75, 3.05) is 211 Å². The molecule has 123 heavy (non-hydrogen) atoms. The van der Waals surface area contributed by atoms with Gasteiger partial charge in [-0.1, -0.05) is 15.6 Å². The summed E-state index contributed by atoms with van der Waals surface area (Å²) in [5.41, 5.74) is -4.30. The van der Waals surface area contributed by atoms with E-state index in [1.165, 1.54) is 32.6 Å². The summed E-state index contributed by atoms with van der Waals surface area (Å²) < 4.78 is 106. The van der Waals surface area contributed by atoms with Gasteiger partial charge in [-0.25, -0.2) is 14.0 Å². The molecule has 10 heterocycles. The maximum Gasteiger partial charge on any atom is 0.253 e. The summed E-state index contributed by atoms with van der Waals surface area (Å²) in [7, 11) is 0. The standard InChI is InChI=1S/C74H117N15O34/c90-43-72-46-118-68(121-72)59(62(100)65(72)103)87-37-49(80-83-87)40-115-34-31-112-28-23-108-18-12-76-52(93)3-8-71(79-56(97)7-17-107-22-27-111-26-21-106-16-6-55(96)75-11-15-86-57(98)1-2-58(86)99,9-4-53(94)77-13-19-109-24-29-113-32-35-116-41-50-38-88(84-81-50)60-63(101)66(104)73(44-91)47-119-69(60)122-73)10-5-54(95)78-14-20-110-25-30-114-33-36-117-42-51-39-89(85-82-51)61-64(102)67(105)74(45-92)48-120-70(61)123-74/h1-2,37-39,59-70,90-92,100-105H,3-36,40-48H2,(H,75,96)(H,76,93)(H,77,94)(H,78,95)(H,79,97)/t59-,60-,61-,62-,63-,64-,65-,66-,67-,68+,69+,70+,72+,73+,74+/m1/s1. The van der Waals surface area contributed by atoms with Gasteiger partial charge in [0.05, 0.1) is 217 Å².